The van der Waals surface area contributed by atoms with Gasteiger partial charge in [-0.25, -0.2) is 4.98 Å². The maximum Gasteiger partial charge on any atom is 0.257 e. The summed E-state index contributed by atoms with van der Waals surface area (Å²) in [6, 6.07) is 15.5. The molecule has 1 fully saturated rings. The van der Waals surface area contributed by atoms with E-state index in [9.17, 15) is 4.79 Å². The molecule has 0 bridgehead atoms. The Morgan fingerprint density at radius 1 is 1.03 bits per heavy atom. The fourth-order valence-corrected chi connectivity index (χ4v) is 3.45. The zero-order valence-corrected chi connectivity index (χ0v) is 16.4. The van der Waals surface area contributed by atoms with Gasteiger partial charge in [0.1, 0.15) is 5.82 Å². The molecule has 2 N–H and O–H groups in total. The molecule has 144 valence electrons. The van der Waals surface area contributed by atoms with Crippen molar-refractivity contribution in [3.8, 4) is 11.4 Å². The first kappa shape index (κ1) is 17.6. The molecule has 5 rings (SSSR count). The van der Waals surface area contributed by atoms with Crippen LogP contribution in [0.4, 0.5) is 5.69 Å². The minimum absolute atomic E-state index is 0.167. The van der Waals surface area contributed by atoms with Crippen LogP contribution in [0.25, 0.3) is 22.3 Å². The van der Waals surface area contributed by atoms with Gasteiger partial charge >= 0.3 is 0 Å². The fourth-order valence-electron chi connectivity index (χ4n) is 3.45. The van der Waals surface area contributed by atoms with Gasteiger partial charge in [0.15, 0.2) is 5.82 Å². The Kier molecular flexibility index (Phi) is 4.12. The molecule has 0 spiro atoms. The van der Waals surface area contributed by atoms with Crippen LogP contribution in [-0.4, -0.2) is 26.1 Å². The lowest BCUT2D eigenvalue weighted by molar-refractivity contribution is 0.102. The molecule has 6 nitrogen and oxygen atoms in total. The van der Waals surface area contributed by atoms with E-state index in [0.29, 0.717) is 23.0 Å². The zero-order valence-electron chi connectivity index (χ0n) is 16.4. The predicted octanol–water partition coefficient (Wildman–Crippen LogP) is 4.77. The number of nitrogens with zero attached hydrogens (tertiary/aromatic N) is 3. The van der Waals surface area contributed by atoms with Crippen molar-refractivity contribution in [1.29, 1.82) is 0 Å². The summed E-state index contributed by atoms with van der Waals surface area (Å²) in [5.74, 6) is 2.03. The molecule has 0 radical (unpaired) electrons. The number of rotatable bonds is 4. The molecule has 0 aliphatic heterocycles. The van der Waals surface area contributed by atoms with E-state index < -0.39 is 0 Å². The monoisotopic (exact) mass is 383 g/mol. The minimum atomic E-state index is -0.167. The van der Waals surface area contributed by atoms with Gasteiger partial charge in [-0.05, 0) is 68.7 Å². The van der Waals surface area contributed by atoms with Crippen LogP contribution in [0, 0.1) is 13.8 Å². The molecule has 0 unspecified atom stereocenters. The zero-order chi connectivity index (χ0) is 20.0. The molecule has 4 aromatic rings. The van der Waals surface area contributed by atoms with Crippen LogP contribution < -0.4 is 5.32 Å². The van der Waals surface area contributed by atoms with E-state index in [2.05, 4.69) is 25.5 Å². The normalized spacial score (nSPS) is 13.6. The first-order chi connectivity index (χ1) is 14.1. The molecule has 1 aliphatic carbocycles. The average molecular weight is 383 g/mol. The third-order valence-corrected chi connectivity index (χ3v) is 5.28. The summed E-state index contributed by atoms with van der Waals surface area (Å²) in [6.45, 7) is 3.90. The minimum Gasteiger partial charge on any atom is -0.322 e. The van der Waals surface area contributed by atoms with E-state index in [1.165, 1.54) is 12.8 Å². The molecule has 1 aliphatic rings. The molecular weight excluding hydrogens is 362 g/mol. The summed E-state index contributed by atoms with van der Waals surface area (Å²) in [4.78, 5) is 22.0. The van der Waals surface area contributed by atoms with Crippen molar-refractivity contribution >= 4 is 22.5 Å². The number of fused-ring (bicyclic) bond motifs is 1. The molecule has 6 heteroatoms. The Hall–Kier alpha value is -3.54. The second-order valence-electron chi connectivity index (χ2n) is 7.67. The summed E-state index contributed by atoms with van der Waals surface area (Å²) in [5, 5.41) is 11.2. The molecule has 2 aromatic carbocycles. The number of carbonyl (C=O) groups is 1. The van der Waals surface area contributed by atoms with Crippen LogP contribution in [0.3, 0.4) is 0 Å². The highest BCUT2D eigenvalue weighted by Gasteiger charge is 2.27. The third-order valence-electron chi connectivity index (χ3n) is 5.28. The summed E-state index contributed by atoms with van der Waals surface area (Å²) in [6.07, 6.45) is 2.37. The number of aryl methyl sites for hydroxylation is 2. The SMILES string of the molecule is Cc1ccc2cc(C(=O)Nc3ccc(-c4n[nH]c(C5CC5)n4)cc3)c(C)nc2c1. The van der Waals surface area contributed by atoms with Gasteiger partial charge in [-0.1, -0.05) is 12.1 Å². The number of aromatic nitrogens is 4. The van der Waals surface area contributed by atoms with Gasteiger partial charge in [0.2, 0.25) is 0 Å². The van der Waals surface area contributed by atoms with Gasteiger partial charge in [0, 0.05) is 22.6 Å². The molecule has 0 atom stereocenters. The van der Waals surface area contributed by atoms with Crippen molar-refractivity contribution in [1.82, 2.24) is 20.2 Å². The molecule has 1 saturated carbocycles. The van der Waals surface area contributed by atoms with Crippen molar-refractivity contribution in [2.24, 2.45) is 0 Å². The van der Waals surface area contributed by atoms with Crippen LogP contribution in [0.1, 0.15) is 46.2 Å². The molecule has 0 saturated heterocycles. The number of pyridine rings is 1. The summed E-state index contributed by atoms with van der Waals surface area (Å²) in [5.41, 5.74) is 4.99. The number of amides is 1. The first-order valence-electron chi connectivity index (χ1n) is 9.79. The third kappa shape index (κ3) is 3.49. The van der Waals surface area contributed by atoms with E-state index in [0.717, 1.165) is 33.5 Å². The van der Waals surface area contributed by atoms with Crippen LogP contribution in [0.15, 0.2) is 48.5 Å². The van der Waals surface area contributed by atoms with Gasteiger partial charge in [-0.15, -0.1) is 0 Å². The van der Waals surface area contributed by atoms with Crippen LogP contribution in [-0.2, 0) is 0 Å². The van der Waals surface area contributed by atoms with Gasteiger partial charge < -0.3 is 5.32 Å². The number of H-pyrrole nitrogens is 1. The Morgan fingerprint density at radius 3 is 2.59 bits per heavy atom. The molecule has 2 aromatic heterocycles. The highest BCUT2D eigenvalue weighted by atomic mass is 16.1. The highest BCUT2D eigenvalue weighted by molar-refractivity contribution is 6.06. The average Bonchev–Trinajstić information content (AvgIpc) is 3.45. The van der Waals surface area contributed by atoms with Crippen molar-refractivity contribution in [2.75, 3.05) is 5.32 Å². The second kappa shape index (κ2) is 6.81. The summed E-state index contributed by atoms with van der Waals surface area (Å²) >= 11 is 0. The highest BCUT2D eigenvalue weighted by Crippen LogP contribution is 2.38. The van der Waals surface area contributed by atoms with Crippen LogP contribution >= 0.6 is 0 Å². The van der Waals surface area contributed by atoms with Crippen molar-refractivity contribution in [2.45, 2.75) is 32.6 Å². The number of hydrogen-bond donors (Lipinski definition) is 2. The number of anilines is 1. The predicted molar refractivity (Wildman–Crippen MR) is 113 cm³/mol. The van der Waals surface area contributed by atoms with Gasteiger partial charge in [0.05, 0.1) is 16.8 Å². The molecule has 2 heterocycles. The Labute approximate surface area is 168 Å². The lowest BCUT2D eigenvalue weighted by Gasteiger charge is -2.09. The van der Waals surface area contributed by atoms with Crippen molar-refractivity contribution < 1.29 is 4.79 Å². The number of benzene rings is 2. The Morgan fingerprint density at radius 2 is 1.83 bits per heavy atom. The largest absolute Gasteiger partial charge is 0.322 e. The van der Waals surface area contributed by atoms with Gasteiger partial charge in [0.25, 0.3) is 5.91 Å². The summed E-state index contributed by atoms with van der Waals surface area (Å²) in [7, 11) is 0. The molecule has 1 amide bonds. The molecule has 29 heavy (non-hydrogen) atoms. The van der Waals surface area contributed by atoms with Crippen LogP contribution in [0.2, 0.25) is 0 Å². The van der Waals surface area contributed by atoms with E-state index >= 15 is 0 Å². The van der Waals surface area contributed by atoms with Gasteiger partial charge in [-0.3, -0.25) is 14.9 Å². The second-order valence-corrected chi connectivity index (χ2v) is 7.67. The lowest BCUT2D eigenvalue weighted by atomic mass is 10.1. The van der Waals surface area contributed by atoms with E-state index in [1.54, 1.807) is 0 Å². The smallest absolute Gasteiger partial charge is 0.257 e. The first-order valence-corrected chi connectivity index (χ1v) is 9.79. The van der Waals surface area contributed by atoms with E-state index in [4.69, 9.17) is 0 Å². The maximum absolute atomic E-state index is 12.8. The standard InChI is InChI=1S/C23H21N5O/c1-13-3-4-17-12-19(14(2)24-20(17)11-13)23(29)25-18-9-7-16(8-10-18)22-26-21(27-28-22)15-5-6-15/h3-4,7-12,15H,5-6H2,1-2H3,(H,25,29)(H,26,27,28). The maximum atomic E-state index is 12.8. The lowest BCUT2D eigenvalue weighted by Crippen LogP contribution is -2.14. The fraction of sp³-hybridized carbons (Fsp3) is 0.217. The molecular formula is C23H21N5O. The number of nitrogens with one attached hydrogen (secondary N) is 2. The van der Waals surface area contributed by atoms with Crippen molar-refractivity contribution in [3.63, 3.8) is 0 Å². The Bertz CT molecular complexity index is 1220. The number of carbonyl (C=O) groups excluding carboxylic acids is 1. The number of aromatic amines is 1. The van der Waals surface area contributed by atoms with E-state index in [-0.39, 0.29) is 5.91 Å². The summed E-state index contributed by atoms with van der Waals surface area (Å²) < 4.78 is 0. The van der Waals surface area contributed by atoms with Crippen LogP contribution in [0.5, 0.6) is 0 Å². The Balaban J connectivity index is 1.35. The quantitative estimate of drug-likeness (QED) is 0.532. The number of hydrogen-bond acceptors (Lipinski definition) is 4. The van der Waals surface area contributed by atoms with E-state index in [1.807, 2.05) is 62.4 Å². The van der Waals surface area contributed by atoms with Gasteiger partial charge in [-0.2, -0.15) is 5.10 Å². The topological polar surface area (TPSA) is 83.6 Å². The van der Waals surface area contributed by atoms with Crippen molar-refractivity contribution in [3.05, 3.63) is 71.2 Å².